The number of fused-ring (bicyclic) bond motifs is 1. The molecule has 3 atom stereocenters. The lowest BCUT2D eigenvalue weighted by molar-refractivity contribution is -0.149. The molecule has 2 fully saturated rings. The Kier molecular flexibility index (Phi) is 4.52. The zero-order valence-corrected chi connectivity index (χ0v) is 14.0. The van der Waals surface area contributed by atoms with Gasteiger partial charge < -0.3 is 10.0 Å². The number of carboxylic acid groups (broad SMARTS) is 1. The Morgan fingerprint density at radius 2 is 1.86 bits per heavy atom. The van der Waals surface area contributed by atoms with E-state index in [-0.39, 0.29) is 18.4 Å². The molecule has 0 radical (unpaired) electrons. The van der Waals surface area contributed by atoms with Crippen molar-refractivity contribution in [3.8, 4) is 0 Å². The smallest absolute Gasteiger partial charge is 0.326 e. The van der Waals surface area contributed by atoms with Crippen LogP contribution in [0.3, 0.4) is 0 Å². The van der Waals surface area contributed by atoms with Gasteiger partial charge in [0.05, 0.1) is 6.42 Å². The lowest BCUT2D eigenvalue weighted by Crippen LogP contribution is -2.46. The van der Waals surface area contributed by atoms with Gasteiger partial charge in [0.1, 0.15) is 6.04 Å². The number of hydrogen-bond acceptors (Lipinski definition) is 2. The van der Waals surface area contributed by atoms with E-state index in [0.717, 1.165) is 35.7 Å². The van der Waals surface area contributed by atoms with E-state index in [1.807, 2.05) is 24.3 Å². The number of amides is 1. The van der Waals surface area contributed by atoms with Crippen LogP contribution in [-0.4, -0.2) is 34.0 Å². The van der Waals surface area contributed by atoms with Gasteiger partial charge in [0.25, 0.3) is 0 Å². The molecule has 0 spiro atoms. The van der Waals surface area contributed by atoms with Gasteiger partial charge in [-0.25, -0.2) is 4.79 Å². The highest BCUT2D eigenvalue weighted by atomic mass is 79.9. The second-order valence-corrected chi connectivity index (χ2v) is 7.22. The van der Waals surface area contributed by atoms with E-state index >= 15 is 0 Å². The van der Waals surface area contributed by atoms with Crippen molar-refractivity contribution in [2.45, 2.75) is 50.6 Å². The molecular weight excluding hydrogens is 346 g/mol. The second kappa shape index (κ2) is 6.41. The molecule has 1 N–H and O–H groups in total. The zero-order chi connectivity index (χ0) is 15.7. The van der Waals surface area contributed by atoms with Crippen molar-refractivity contribution in [2.24, 2.45) is 5.92 Å². The largest absolute Gasteiger partial charge is 0.480 e. The van der Waals surface area contributed by atoms with Gasteiger partial charge in [0, 0.05) is 10.5 Å². The Bertz CT molecular complexity index is 572. The summed E-state index contributed by atoms with van der Waals surface area (Å²) in [6.45, 7) is 0. The number of carbonyl (C=O) groups excluding carboxylic acids is 1. The van der Waals surface area contributed by atoms with Crippen LogP contribution in [0.1, 0.15) is 37.7 Å². The van der Waals surface area contributed by atoms with Crippen LogP contribution in [0.15, 0.2) is 28.7 Å². The first-order valence-electron chi connectivity index (χ1n) is 7.84. The number of rotatable bonds is 3. The summed E-state index contributed by atoms with van der Waals surface area (Å²) in [6.07, 6.45) is 5.14. The first-order chi connectivity index (χ1) is 10.6. The lowest BCUT2D eigenvalue weighted by Gasteiger charge is -2.33. The average molecular weight is 366 g/mol. The minimum atomic E-state index is -0.862. The molecule has 1 aliphatic heterocycles. The van der Waals surface area contributed by atoms with Crippen molar-refractivity contribution in [3.05, 3.63) is 34.3 Å². The van der Waals surface area contributed by atoms with Crippen molar-refractivity contribution < 1.29 is 14.7 Å². The quantitative estimate of drug-likeness (QED) is 0.894. The van der Waals surface area contributed by atoms with Crippen molar-refractivity contribution in [3.63, 3.8) is 0 Å². The molecule has 1 amide bonds. The van der Waals surface area contributed by atoms with Gasteiger partial charge in [-0.3, -0.25) is 4.79 Å². The maximum Gasteiger partial charge on any atom is 0.326 e. The van der Waals surface area contributed by atoms with Gasteiger partial charge >= 0.3 is 5.97 Å². The van der Waals surface area contributed by atoms with Crippen LogP contribution < -0.4 is 0 Å². The van der Waals surface area contributed by atoms with Gasteiger partial charge in [-0.15, -0.1) is 0 Å². The molecule has 3 rings (SSSR count). The third kappa shape index (κ3) is 3.05. The van der Waals surface area contributed by atoms with Crippen LogP contribution in [0.25, 0.3) is 0 Å². The highest BCUT2D eigenvalue weighted by molar-refractivity contribution is 9.10. The van der Waals surface area contributed by atoms with E-state index in [4.69, 9.17) is 0 Å². The Labute approximate surface area is 138 Å². The third-order valence-corrected chi connectivity index (χ3v) is 5.46. The molecule has 5 heteroatoms. The minimum Gasteiger partial charge on any atom is -0.480 e. The van der Waals surface area contributed by atoms with Gasteiger partial charge in [-0.1, -0.05) is 40.9 Å². The first kappa shape index (κ1) is 15.5. The predicted octanol–water partition coefficient (Wildman–Crippen LogP) is 3.24. The van der Waals surface area contributed by atoms with E-state index in [2.05, 4.69) is 15.9 Å². The number of carbonyl (C=O) groups is 2. The monoisotopic (exact) mass is 365 g/mol. The number of halogens is 1. The number of carboxylic acids is 1. The molecule has 0 bridgehead atoms. The first-order valence-corrected chi connectivity index (χ1v) is 8.64. The van der Waals surface area contributed by atoms with E-state index in [9.17, 15) is 14.7 Å². The van der Waals surface area contributed by atoms with Gasteiger partial charge in [0.2, 0.25) is 5.91 Å². The van der Waals surface area contributed by atoms with Crippen LogP contribution in [0.2, 0.25) is 0 Å². The average Bonchev–Trinajstić information content (AvgIpc) is 2.89. The fourth-order valence-corrected chi connectivity index (χ4v) is 4.17. The molecule has 4 nitrogen and oxygen atoms in total. The number of aliphatic carboxylic acids is 1. The third-order valence-electron chi connectivity index (χ3n) is 4.93. The molecule has 22 heavy (non-hydrogen) atoms. The Morgan fingerprint density at radius 1 is 1.18 bits per heavy atom. The maximum atomic E-state index is 12.7. The van der Waals surface area contributed by atoms with Crippen LogP contribution in [0.4, 0.5) is 0 Å². The van der Waals surface area contributed by atoms with Crippen LogP contribution in [0, 0.1) is 5.92 Å². The fourth-order valence-electron chi connectivity index (χ4n) is 3.91. The summed E-state index contributed by atoms with van der Waals surface area (Å²) in [7, 11) is 0. The van der Waals surface area contributed by atoms with E-state index in [1.165, 1.54) is 0 Å². The molecule has 2 aliphatic rings. The summed E-state index contributed by atoms with van der Waals surface area (Å²) in [5.41, 5.74) is 0.927. The van der Waals surface area contributed by atoms with Crippen LogP contribution in [0.5, 0.6) is 0 Å². The van der Waals surface area contributed by atoms with Crippen molar-refractivity contribution >= 4 is 27.8 Å². The summed E-state index contributed by atoms with van der Waals surface area (Å²) in [5.74, 6) is -0.550. The predicted molar refractivity (Wildman–Crippen MR) is 86.5 cm³/mol. The molecule has 0 aromatic heterocycles. The standard InChI is InChI=1S/C17H20BrNO3/c18-13-7-5-11(6-8-13)9-16(20)19-14-4-2-1-3-12(14)10-15(19)17(21)22/h5-8,12,14-15H,1-4,9-10H2,(H,21,22). The van der Waals surface area contributed by atoms with E-state index in [1.54, 1.807) is 4.90 Å². The van der Waals surface area contributed by atoms with E-state index < -0.39 is 12.0 Å². The molecule has 1 aliphatic carbocycles. The molecule has 1 saturated carbocycles. The molecule has 1 saturated heterocycles. The summed E-state index contributed by atoms with van der Waals surface area (Å²) in [4.78, 5) is 26.0. The summed E-state index contributed by atoms with van der Waals surface area (Å²) >= 11 is 3.38. The fraction of sp³-hybridized carbons (Fsp3) is 0.529. The Balaban J connectivity index is 1.78. The topological polar surface area (TPSA) is 57.6 Å². The number of hydrogen-bond donors (Lipinski definition) is 1. The minimum absolute atomic E-state index is 0.0517. The number of benzene rings is 1. The zero-order valence-electron chi connectivity index (χ0n) is 12.4. The normalized spacial score (nSPS) is 27.5. The van der Waals surface area contributed by atoms with Crippen molar-refractivity contribution in [2.75, 3.05) is 0 Å². The van der Waals surface area contributed by atoms with Crippen LogP contribution in [-0.2, 0) is 16.0 Å². The van der Waals surface area contributed by atoms with Crippen molar-refractivity contribution in [1.82, 2.24) is 4.90 Å². The summed E-state index contributed by atoms with van der Waals surface area (Å²) in [6, 6.07) is 7.11. The van der Waals surface area contributed by atoms with Crippen molar-refractivity contribution in [1.29, 1.82) is 0 Å². The maximum absolute atomic E-state index is 12.7. The molecule has 1 aromatic rings. The van der Waals surface area contributed by atoms with Crippen LogP contribution >= 0.6 is 15.9 Å². The SMILES string of the molecule is O=C(O)C1CC2CCCCC2N1C(=O)Cc1ccc(Br)cc1. The second-order valence-electron chi connectivity index (χ2n) is 6.31. The van der Waals surface area contributed by atoms with Gasteiger partial charge in [-0.2, -0.15) is 0 Å². The highest BCUT2D eigenvalue weighted by Gasteiger charge is 2.47. The molecule has 1 aromatic carbocycles. The number of likely N-dealkylation sites (tertiary alicyclic amines) is 1. The highest BCUT2D eigenvalue weighted by Crippen LogP contribution is 2.40. The molecule has 3 unspecified atom stereocenters. The van der Waals surface area contributed by atoms with Gasteiger partial charge in [0.15, 0.2) is 0 Å². The number of nitrogens with zero attached hydrogens (tertiary/aromatic N) is 1. The van der Waals surface area contributed by atoms with Gasteiger partial charge in [-0.05, 0) is 42.9 Å². The molecular formula is C17H20BrNO3. The van der Waals surface area contributed by atoms with E-state index in [0.29, 0.717) is 12.3 Å². The summed E-state index contributed by atoms with van der Waals surface area (Å²) in [5, 5.41) is 9.48. The Hall–Kier alpha value is -1.36. The molecule has 1 heterocycles. The molecule has 118 valence electrons. The summed E-state index contributed by atoms with van der Waals surface area (Å²) < 4.78 is 0.973. The lowest BCUT2D eigenvalue weighted by atomic mass is 9.84. The Morgan fingerprint density at radius 3 is 2.55 bits per heavy atom.